The molecule has 1 heterocycles. The monoisotopic (exact) mass is 255 g/mol. The van der Waals surface area contributed by atoms with E-state index in [9.17, 15) is 0 Å². The molecule has 0 aliphatic rings. The molecule has 1 aromatic carbocycles. The lowest BCUT2D eigenvalue weighted by atomic mass is 10.1. The highest BCUT2D eigenvalue weighted by Gasteiger charge is 2.13. The molecule has 100 valence electrons. The summed E-state index contributed by atoms with van der Waals surface area (Å²) in [4.78, 5) is 4.73. The number of imidazole rings is 1. The van der Waals surface area contributed by atoms with Gasteiger partial charge in [0.2, 0.25) is 0 Å². The number of nitrogens with zero attached hydrogens (tertiary/aromatic N) is 3. The van der Waals surface area contributed by atoms with Crippen molar-refractivity contribution in [2.24, 2.45) is 5.92 Å². The van der Waals surface area contributed by atoms with Crippen molar-refractivity contribution in [2.75, 3.05) is 0 Å². The summed E-state index contributed by atoms with van der Waals surface area (Å²) in [6.45, 7) is 8.82. The zero-order valence-electron chi connectivity index (χ0n) is 12.1. The Morgan fingerprint density at radius 3 is 2.58 bits per heavy atom. The number of benzene rings is 1. The normalized spacial score (nSPS) is 11.4. The molecule has 3 heteroatoms. The molecule has 0 aliphatic heterocycles. The summed E-state index contributed by atoms with van der Waals surface area (Å²) >= 11 is 0. The van der Waals surface area contributed by atoms with Gasteiger partial charge in [0.05, 0.1) is 22.7 Å². The van der Waals surface area contributed by atoms with E-state index in [-0.39, 0.29) is 0 Å². The van der Waals surface area contributed by atoms with Crippen LogP contribution in [0.1, 0.15) is 51.5 Å². The standard InChI is InChI=1S/C16H21N3/c1-11(2)5-8-16-18-14-9-13(10-17)6-7-15(14)19(16)12(3)4/h6-7,9,11-12H,5,8H2,1-4H3. The van der Waals surface area contributed by atoms with Crippen LogP contribution >= 0.6 is 0 Å². The summed E-state index contributed by atoms with van der Waals surface area (Å²) in [5.41, 5.74) is 2.75. The van der Waals surface area contributed by atoms with Crippen LogP contribution in [0.4, 0.5) is 0 Å². The Kier molecular flexibility index (Phi) is 3.90. The van der Waals surface area contributed by atoms with Gasteiger partial charge in [-0.1, -0.05) is 13.8 Å². The first-order valence-corrected chi connectivity index (χ1v) is 6.94. The minimum atomic E-state index is 0.389. The fraction of sp³-hybridized carbons (Fsp3) is 0.500. The molecule has 0 N–H and O–H groups in total. The first-order chi connectivity index (χ1) is 9.02. The fourth-order valence-electron chi connectivity index (χ4n) is 2.39. The third kappa shape index (κ3) is 2.78. The Hall–Kier alpha value is -1.82. The summed E-state index contributed by atoms with van der Waals surface area (Å²) in [7, 11) is 0. The predicted molar refractivity (Wildman–Crippen MR) is 78.0 cm³/mol. The number of rotatable bonds is 4. The maximum absolute atomic E-state index is 8.97. The topological polar surface area (TPSA) is 41.6 Å². The van der Waals surface area contributed by atoms with Gasteiger partial charge in [0.1, 0.15) is 5.82 Å². The Labute approximate surface area is 114 Å². The molecule has 19 heavy (non-hydrogen) atoms. The van der Waals surface area contributed by atoms with Gasteiger partial charge in [0.25, 0.3) is 0 Å². The molecule has 0 atom stereocenters. The van der Waals surface area contributed by atoms with Crippen molar-refractivity contribution in [1.82, 2.24) is 9.55 Å². The third-order valence-corrected chi connectivity index (χ3v) is 3.35. The lowest BCUT2D eigenvalue weighted by Gasteiger charge is -2.13. The Bertz CT molecular complexity index is 615. The van der Waals surface area contributed by atoms with E-state index in [4.69, 9.17) is 10.2 Å². The van der Waals surface area contributed by atoms with Crippen molar-refractivity contribution in [3.63, 3.8) is 0 Å². The Morgan fingerprint density at radius 2 is 2.00 bits per heavy atom. The molecule has 3 nitrogen and oxygen atoms in total. The molecule has 0 radical (unpaired) electrons. The largest absolute Gasteiger partial charge is 0.325 e. The van der Waals surface area contributed by atoms with Crippen LogP contribution in [0.15, 0.2) is 18.2 Å². The highest BCUT2D eigenvalue weighted by atomic mass is 15.1. The van der Waals surface area contributed by atoms with Gasteiger partial charge in [-0.2, -0.15) is 5.26 Å². The number of nitriles is 1. The van der Waals surface area contributed by atoms with E-state index in [1.165, 1.54) is 0 Å². The zero-order valence-corrected chi connectivity index (χ0v) is 12.1. The summed E-state index contributed by atoms with van der Waals surface area (Å²) in [6.07, 6.45) is 2.13. The lowest BCUT2D eigenvalue weighted by molar-refractivity contribution is 0.532. The highest BCUT2D eigenvalue weighted by molar-refractivity contribution is 5.78. The number of hydrogen-bond acceptors (Lipinski definition) is 2. The predicted octanol–water partition coefficient (Wildman–Crippen LogP) is 4.08. The van der Waals surface area contributed by atoms with E-state index in [0.717, 1.165) is 29.7 Å². The van der Waals surface area contributed by atoms with Crippen LogP contribution in [0, 0.1) is 17.2 Å². The maximum Gasteiger partial charge on any atom is 0.110 e. The molecule has 2 rings (SSSR count). The van der Waals surface area contributed by atoms with Crippen molar-refractivity contribution < 1.29 is 0 Å². The van der Waals surface area contributed by atoms with Crippen molar-refractivity contribution in [2.45, 2.75) is 46.6 Å². The Morgan fingerprint density at radius 1 is 1.26 bits per heavy atom. The number of aryl methyl sites for hydroxylation is 1. The first-order valence-electron chi connectivity index (χ1n) is 6.94. The van der Waals surface area contributed by atoms with Crippen LogP contribution in [0.25, 0.3) is 11.0 Å². The summed E-state index contributed by atoms with van der Waals surface area (Å²) in [5, 5.41) is 8.97. The van der Waals surface area contributed by atoms with Gasteiger partial charge in [-0.05, 0) is 44.4 Å². The van der Waals surface area contributed by atoms with Gasteiger partial charge in [-0.25, -0.2) is 4.98 Å². The molecule has 0 fully saturated rings. The van der Waals surface area contributed by atoms with Gasteiger partial charge in [0.15, 0.2) is 0 Å². The molecule has 0 saturated carbocycles. The molecule has 0 aliphatic carbocycles. The number of aromatic nitrogens is 2. The van der Waals surface area contributed by atoms with Crippen LogP contribution < -0.4 is 0 Å². The van der Waals surface area contributed by atoms with E-state index in [0.29, 0.717) is 17.5 Å². The average Bonchev–Trinajstić information content (AvgIpc) is 2.73. The van der Waals surface area contributed by atoms with Crippen molar-refractivity contribution >= 4 is 11.0 Å². The highest BCUT2D eigenvalue weighted by Crippen LogP contribution is 2.23. The van der Waals surface area contributed by atoms with Gasteiger partial charge in [-0.15, -0.1) is 0 Å². The van der Waals surface area contributed by atoms with Crippen molar-refractivity contribution in [3.05, 3.63) is 29.6 Å². The van der Waals surface area contributed by atoms with E-state index >= 15 is 0 Å². The van der Waals surface area contributed by atoms with E-state index in [1.807, 2.05) is 18.2 Å². The summed E-state index contributed by atoms with van der Waals surface area (Å²) in [6, 6.07) is 8.33. The third-order valence-electron chi connectivity index (χ3n) is 3.35. The minimum absolute atomic E-state index is 0.389. The van der Waals surface area contributed by atoms with Crippen LogP contribution in [-0.2, 0) is 6.42 Å². The fourth-order valence-corrected chi connectivity index (χ4v) is 2.39. The first kappa shape index (κ1) is 13.6. The molecule has 0 bridgehead atoms. The molecular formula is C16H21N3. The van der Waals surface area contributed by atoms with Gasteiger partial charge in [-0.3, -0.25) is 0 Å². The molecule has 0 amide bonds. The van der Waals surface area contributed by atoms with Crippen LogP contribution in [-0.4, -0.2) is 9.55 Å². The molecule has 1 aromatic heterocycles. The van der Waals surface area contributed by atoms with Crippen LogP contribution in [0.5, 0.6) is 0 Å². The van der Waals surface area contributed by atoms with Crippen LogP contribution in [0.2, 0.25) is 0 Å². The number of hydrogen-bond donors (Lipinski definition) is 0. The van der Waals surface area contributed by atoms with Crippen LogP contribution in [0.3, 0.4) is 0 Å². The quantitative estimate of drug-likeness (QED) is 0.826. The number of fused-ring (bicyclic) bond motifs is 1. The van der Waals surface area contributed by atoms with E-state index < -0.39 is 0 Å². The van der Waals surface area contributed by atoms with E-state index in [2.05, 4.69) is 38.3 Å². The summed E-state index contributed by atoms with van der Waals surface area (Å²) < 4.78 is 2.29. The molecule has 0 spiro atoms. The summed E-state index contributed by atoms with van der Waals surface area (Å²) in [5.74, 6) is 1.81. The van der Waals surface area contributed by atoms with Gasteiger partial charge >= 0.3 is 0 Å². The Balaban J connectivity index is 2.50. The lowest BCUT2D eigenvalue weighted by Crippen LogP contribution is -2.07. The van der Waals surface area contributed by atoms with Crippen molar-refractivity contribution in [3.8, 4) is 6.07 Å². The minimum Gasteiger partial charge on any atom is -0.325 e. The SMILES string of the molecule is CC(C)CCc1nc2cc(C#N)ccc2n1C(C)C. The van der Waals surface area contributed by atoms with Gasteiger partial charge in [0, 0.05) is 12.5 Å². The van der Waals surface area contributed by atoms with Gasteiger partial charge < -0.3 is 4.57 Å². The second-order valence-corrected chi connectivity index (χ2v) is 5.74. The van der Waals surface area contributed by atoms with E-state index in [1.54, 1.807) is 0 Å². The molecule has 0 saturated heterocycles. The maximum atomic E-state index is 8.97. The zero-order chi connectivity index (χ0) is 14.0. The second kappa shape index (κ2) is 5.44. The van der Waals surface area contributed by atoms with Crippen molar-refractivity contribution in [1.29, 1.82) is 5.26 Å². The average molecular weight is 255 g/mol. The smallest absolute Gasteiger partial charge is 0.110 e. The second-order valence-electron chi connectivity index (χ2n) is 5.74. The molecule has 2 aromatic rings. The molecular weight excluding hydrogens is 234 g/mol. The molecule has 0 unspecified atom stereocenters.